The minimum absolute atomic E-state index is 0.340. The van der Waals surface area contributed by atoms with Gasteiger partial charge < -0.3 is 10.3 Å². The Balaban J connectivity index is 2.46. The molecule has 0 saturated carbocycles. The quantitative estimate of drug-likeness (QED) is 0.784. The van der Waals surface area contributed by atoms with Gasteiger partial charge in [0.05, 0.1) is 5.39 Å². The molecular weight excluding hydrogens is 183 g/mol. The summed E-state index contributed by atoms with van der Waals surface area (Å²) in [6.45, 7) is 3.80. The number of halogens is 1. The van der Waals surface area contributed by atoms with Gasteiger partial charge in [0.1, 0.15) is 17.8 Å². The SMILES string of the molecule is CC[CH]Nc1ncnc2[nH]cc(F)c12. The predicted octanol–water partition coefficient (Wildman–Crippen LogP) is 2.08. The first-order valence-corrected chi connectivity index (χ1v) is 4.38. The van der Waals surface area contributed by atoms with Crippen LogP contribution in [-0.4, -0.2) is 15.0 Å². The summed E-state index contributed by atoms with van der Waals surface area (Å²) in [5.41, 5.74) is 0.504. The molecule has 0 aromatic carbocycles. The maximum absolute atomic E-state index is 13.3. The van der Waals surface area contributed by atoms with E-state index in [4.69, 9.17) is 0 Å². The lowest BCUT2D eigenvalue weighted by Crippen LogP contribution is -1.97. The van der Waals surface area contributed by atoms with Gasteiger partial charge in [0, 0.05) is 12.7 Å². The smallest absolute Gasteiger partial charge is 0.153 e. The molecule has 0 aliphatic rings. The normalized spacial score (nSPS) is 10.7. The van der Waals surface area contributed by atoms with Crippen molar-refractivity contribution >= 4 is 16.9 Å². The average Bonchev–Trinajstić information content (AvgIpc) is 2.58. The molecule has 2 N–H and O–H groups in total. The molecule has 73 valence electrons. The van der Waals surface area contributed by atoms with E-state index in [2.05, 4.69) is 20.3 Å². The Bertz CT molecular complexity index is 437. The highest BCUT2D eigenvalue weighted by Crippen LogP contribution is 2.21. The molecule has 0 saturated heterocycles. The fourth-order valence-electron chi connectivity index (χ4n) is 1.23. The first-order valence-electron chi connectivity index (χ1n) is 4.38. The van der Waals surface area contributed by atoms with E-state index >= 15 is 0 Å². The lowest BCUT2D eigenvalue weighted by molar-refractivity contribution is 0.639. The molecule has 0 atom stereocenters. The van der Waals surface area contributed by atoms with Gasteiger partial charge in [0.2, 0.25) is 0 Å². The molecule has 0 aliphatic heterocycles. The van der Waals surface area contributed by atoms with E-state index < -0.39 is 0 Å². The number of fused-ring (bicyclic) bond motifs is 1. The van der Waals surface area contributed by atoms with Crippen molar-refractivity contribution in [2.24, 2.45) is 0 Å². The number of aromatic nitrogens is 3. The van der Waals surface area contributed by atoms with Crippen LogP contribution in [0.1, 0.15) is 13.3 Å². The summed E-state index contributed by atoms with van der Waals surface area (Å²) in [6, 6.07) is 0. The largest absolute Gasteiger partial charge is 0.365 e. The van der Waals surface area contributed by atoms with Gasteiger partial charge in [-0.1, -0.05) is 6.92 Å². The number of anilines is 1. The zero-order chi connectivity index (χ0) is 9.97. The number of H-pyrrole nitrogens is 1. The van der Waals surface area contributed by atoms with Crippen molar-refractivity contribution in [1.82, 2.24) is 15.0 Å². The zero-order valence-corrected chi connectivity index (χ0v) is 7.71. The Hall–Kier alpha value is -1.65. The number of nitrogens with one attached hydrogen (secondary N) is 2. The monoisotopic (exact) mass is 193 g/mol. The van der Waals surface area contributed by atoms with Gasteiger partial charge >= 0.3 is 0 Å². The van der Waals surface area contributed by atoms with Crippen LogP contribution in [0.2, 0.25) is 0 Å². The van der Waals surface area contributed by atoms with Crippen LogP contribution in [0, 0.1) is 12.4 Å². The van der Waals surface area contributed by atoms with Crippen molar-refractivity contribution in [1.29, 1.82) is 0 Å². The van der Waals surface area contributed by atoms with Crippen LogP contribution in [0.5, 0.6) is 0 Å². The molecule has 2 aromatic heterocycles. The van der Waals surface area contributed by atoms with Crippen molar-refractivity contribution < 1.29 is 4.39 Å². The van der Waals surface area contributed by atoms with Gasteiger partial charge in [0.25, 0.3) is 0 Å². The van der Waals surface area contributed by atoms with Gasteiger partial charge in [-0.3, -0.25) is 0 Å². The van der Waals surface area contributed by atoms with E-state index in [-0.39, 0.29) is 5.82 Å². The van der Waals surface area contributed by atoms with Crippen LogP contribution in [-0.2, 0) is 0 Å². The second-order valence-corrected chi connectivity index (χ2v) is 2.84. The van der Waals surface area contributed by atoms with Gasteiger partial charge in [-0.25, -0.2) is 14.4 Å². The molecule has 0 spiro atoms. The Labute approximate surface area is 80.6 Å². The molecule has 0 unspecified atom stereocenters. The fraction of sp³-hybridized carbons (Fsp3) is 0.222. The molecule has 14 heavy (non-hydrogen) atoms. The van der Waals surface area contributed by atoms with Crippen LogP contribution < -0.4 is 5.32 Å². The number of rotatable bonds is 3. The van der Waals surface area contributed by atoms with Gasteiger partial charge in [0.15, 0.2) is 5.82 Å². The summed E-state index contributed by atoms with van der Waals surface area (Å²) >= 11 is 0. The lowest BCUT2D eigenvalue weighted by Gasteiger charge is -2.03. The minimum Gasteiger partial charge on any atom is -0.365 e. The maximum atomic E-state index is 13.3. The molecule has 0 bridgehead atoms. The summed E-state index contributed by atoms with van der Waals surface area (Å²) in [7, 11) is 0. The van der Waals surface area contributed by atoms with Crippen LogP contribution in [0.3, 0.4) is 0 Å². The Morgan fingerprint density at radius 2 is 2.43 bits per heavy atom. The van der Waals surface area contributed by atoms with Crippen molar-refractivity contribution in [3.8, 4) is 0 Å². The highest BCUT2D eigenvalue weighted by atomic mass is 19.1. The molecule has 4 nitrogen and oxygen atoms in total. The number of nitrogens with zero attached hydrogens (tertiary/aromatic N) is 2. The molecule has 5 heteroatoms. The Morgan fingerprint density at radius 3 is 3.21 bits per heavy atom. The van der Waals surface area contributed by atoms with Crippen LogP contribution in [0.4, 0.5) is 10.2 Å². The minimum atomic E-state index is -0.340. The third-order valence-corrected chi connectivity index (χ3v) is 1.86. The third-order valence-electron chi connectivity index (χ3n) is 1.86. The molecule has 2 rings (SSSR count). The van der Waals surface area contributed by atoms with Crippen molar-refractivity contribution in [2.75, 3.05) is 5.32 Å². The predicted molar refractivity (Wildman–Crippen MR) is 52.1 cm³/mol. The van der Waals surface area contributed by atoms with E-state index in [9.17, 15) is 4.39 Å². The highest BCUT2D eigenvalue weighted by molar-refractivity contribution is 5.87. The summed E-state index contributed by atoms with van der Waals surface area (Å²) < 4.78 is 13.3. The molecule has 2 aromatic rings. The molecule has 1 radical (unpaired) electrons. The third kappa shape index (κ3) is 1.41. The van der Waals surface area contributed by atoms with Crippen LogP contribution in [0.25, 0.3) is 11.0 Å². The lowest BCUT2D eigenvalue weighted by atomic mass is 10.3. The molecule has 0 amide bonds. The first kappa shape index (κ1) is 8.93. The van der Waals surface area contributed by atoms with E-state index in [1.165, 1.54) is 12.5 Å². The van der Waals surface area contributed by atoms with Crippen molar-refractivity contribution in [3.63, 3.8) is 0 Å². The second-order valence-electron chi connectivity index (χ2n) is 2.84. The van der Waals surface area contributed by atoms with E-state index in [1.807, 2.05) is 13.5 Å². The first-order chi connectivity index (χ1) is 6.83. The van der Waals surface area contributed by atoms with E-state index in [0.717, 1.165) is 6.42 Å². The maximum Gasteiger partial charge on any atom is 0.153 e. The van der Waals surface area contributed by atoms with E-state index in [0.29, 0.717) is 16.9 Å². The molecule has 2 heterocycles. The van der Waals surface area contributed by atoms with E-state index in [1.54, 1.807) is 0 Å². The van der Waals surface area contributed by atoms with Crippen molar-refractivity contribution in [2.45, 2.75) is 13.3 Å². The molecule has 0 aliphatic carbocycles. The van der Waals surface area contributed by atoms with Gasteiger partial charge in [-0.15, -0.1) is 0 Å². The number of aromatic amines is 1. The van der Waals surface area contributed by atoms with Gasteiger partial charge in [-0.2, -0.15) is 0 Å². The standard InChI is InChI=1S/C9H10FN4/c1-2-3-11-8-7-6(10)4-12-9(7)14-5-13-8/h3-5H,2H2,1H3,(H2,11,12,13,14). The number of hydrogen-bond acceptors (Lipinski definition) is 3. The summed E-state index contributed by atoms with van der Waals surface area (Å²) in [5, 5.41) is 3.33. The number of hydrogen-bond donors (Lipinski definition) is 2. The highest BCUT2D eigenvalue weighted by Gasteiger charge is 2.09. The van der Waals surface area contributed by atoms with Crippen molar-refractivity contribution in [3.05, 3.63) is 24.9 Å². The van der Waals surface area contributed by atoms with Crippen LogP contribution in [0.15, 0.2) is 12.5 Å². The fourth-order valence-corrected chi connectivity index (χ4v) is 1.23. The van der Waals surface area contributed by atoms with Gasteiger partial charge in [-0.05, 0) is 6.42 Å². The summed E-state index contributed by atoms with van der Waals surface area (Å²) in [6.07, 6.45) is 3.51. The average molecular weight is 193 g/mol. The summed E-state index contributed by atoms with van der Waals surface area (Å²) in [4.78, 5) is 10.6. The topological polar surface area (TPSA) is 53.6 Å². The summed E-state index contributed by atoms with van der Waals surface area (Å²) in [5.74, 6) is 0.156. The molecule has 0 fully saturated rings. The Morgan fingerprint density at radius 1 is 1.57 bits per heavy atom. The molecular formula is C9H10FN4. The zero-order valence-electron chi connectivity index (χ0n) is 7.71. The second kappa shape index (κ2) is 3.61. The Kier molecular flexibility index (Phi) is 2.30. The van der Waals surface area contributed by atoms with Crippen LogP contribution >= 0.6 is 0 Å².